The fourth-order valence-electron chi connectivity index (χ4n) is 1.05. The zero-order valence-electron chi connectivity index (χ0n) is 8.07. The van der Waals surface area contributed by atoms with Crippen LogP contribution in [0.5, 0.6) is 0 Å². The molecule has 15 heavy (non-hydrogen) atoms. The lowest BCUT2D eigenvalue weighted by atomic mass is 10.2. The van der Waals surface area contributed by atoms with Crippen molar-refractivity contribution in [2.24, 2.45) is 0 Å². The van der Waals surface area contributed by atoms with Crippen molar-refractivity contribution >= 4 is 17.4 Å². The Morgan fingerprint density at radius 1 is 1.53 bits per heavy atom. The van der Waals surface area contributed by atoms with Crippen LogP contribution < -0.4 is 0 Å². The van der Waals surface area contributed by atoms with E-state index in [0.29, 0.717) is 11.6 Å². The van der Waals surface area contributed by atoms with Crippen molar-refractivity contribution in [1.82, 2.24) is 0 Å². The molecule has 78 valence electrons. The van der Waals surface area contributed by atoms with Gasteiger partial charge < -0.3 is 4.74 Å². The van der Waals surface area contributed by atoms with Crippen molar-refractivity contribution in [3.63, 3.8) is 0 Å². The summed E-state index contributed by atoms with van der Waals surface area (Å²) in [5, 5.41) is 8.88. The van der Waals surface area contributed by atoms with Crippen LogP contribution in [0, 0.1) is 11.3 Å². The highest BCUT2D eigenvalue weighted by Crippen LogP contribution is 2.11. The number of Topliss-reactive ketones (excluding diaryl/α,β-unsaturated/α-hetero) is 1. The topological polar surface area (TPSA) is 50.1 Å². The molecule has 0 aliphatic carbocycles. The van der Waals surface area contributed by atoms with Crippen LogP contribution in [0.25, 0.3) is 0 Å². The third kappa shape index (κ3) is 4.59. The molecule has 0 spiro atoms. The number of nitrogens with zero attached hydrogens (tertiary/aromatic N) is 1. The van der Waals surface area contributed by atoms with Crippen LogP contribution in [0.3, 0.4) is 0 Å². The summed E-state index contributed by atoms with van der Waals surface area (Å²) in [7, 11) is 0. The minimum atomic E-state index is -0.209. The Morgan fingerprint density at radius 2 is 2.33 bits per heavy atom. The first-order valence-corrected chi connectivity index (χ1v) is 4.81. The first-order valence-electron chi connectivity index (χ1n) is 4.43. The highest BCUT2D eigenvalue weighted by atomic mass is 35.5. The van der Waals surface area contributed by atoms with Gasteiger partial charge in [0.2, 0.25) is 0 Å². The Bertz CT molecular complexity index is 384. The first-order chi connectivity index (χ1) is 7.22. The smallest absolute Gasteiger partial charge is 0.172 e. The normalized spacial score (nSPS) is 9.60. The van der Waals surface area contributed by atoms with Gasteiger partial charge in [-0.05, 0) is 17.7 Å². The molecular formula is C11H10ClNO2. The van der Waals surface area contributed by atoms with E-state index in [1.54, 1.807) is 18.2 Å². The number of nitriles is 1. The summed E-state index contributed by atoms with van der Waals surface area (Å²) >= 11 is 5.77. The fourth-order valence-corrected chi connectivity index (χ4v) is 1.26. The van der Waals surface area contributed by atoms with Crippen molar-refractivity contribution in [3.8, 4) is 6.07 Å². The van der Waals surface area contributed by atoms with Crippen molar-refractivity contribution < 1.29 is 9.53 Å². The van der Waals surface area contributed by atoms with E-state index in [1.165, 1.54) is 0 Å². The molecule has 1 rings (SSSR count). The maximum Gasteiger partial charge on any atom is 0.172 e. The van der Waals surface area contributed by atoms with E-state index in [-0.39, 0.29) is 18.8 Å². The standard InChI is InChI=1S/C11H10ClNO2/c12-10-3-1-2-9(6-10)7-15-8-11(14)4-5-13/h1-3,6H,4,7-8H2. The molecule has 1 aromatic rings. The molecule has 0 aromatic heterocycles. The summed E-state index contributed by atoms with van der Waals surface area (Å²) in [4.78, 5) is 10.9. The molecular weight excluding hydrogens is 214 g/mol. The molecule has 0 atom stereocenters. The van der Waals surface area contributed by atoms with E-state index in [0.717, 1.165) is 5.56 Å². The van der Waals surface area contributed by atoms with Gasteiger partial charge >= 0.3 is 0 Å². The third-order valence-electron chi connectivity index (χ3n) is 1.70. The molecule has 4 heteroatoms. The second-order valence-electron chi connectivity index (χ2n) is 3.00. The zero-order chi connectivity index (χ0) is 11.1. The van der Waals surface area contributed by atoms with Gasteiger partial charge in [-0.25, -0.2) is 0 Å². The fraction of sp³-hybridized carbons (Fsp3) is 0.273. The molecule has 0 heterocycles. The summed E-state index contributed by atoms with van der Waals surface area (Å²) in [6, 6.07) is 9.00. The summed E-state index contributed by atoms with van der Waals surface area (Å²) in [5.74, 6) is -0.209. The molecule has 0 N–H and O–H groups in total. The molecule has 3 nitrogen and oxygen atoms in total. The lowest BCUT2D eigenvalue weighted by Gasteiger charge is -2.02. The van der Waals surface area contributed by atoms with E-state index >= 15 is 0 Å². The average molecular weight is 224 g/mol. The lowest BCUT2D eigenvalue weighted by Crippen LogP contribution is -2.07. The van der Waals surface area contributed by atoms with Crippen LogP contribution in [-0.2, 0) is 16.1 Å². The van der Waals surface area contributed by atoms with Crippen molar-refractivity contribution in [2.45, 2.75) is 13.0 Å². The van der Waals surface area contributed by atoms with Gasteiger partial charge in [-0.3, -0.25) is 4.79 Å². The number of ether oxygens (including phenoxy) is 1. The number of hydrogen-bond acceptors (Lipinski definition) is 3. The second-order valence-corrected chi connectivity index (χ2v) is 3.43. The van der Waals surface area contributed by atoms with E-state index in [9.17, 15) is 4.79 Å². The van der Waals surface area contributed by atoms with Gasteiger partial charge in [0.1, 0.15) is 6.61 Å². The molecule has 0 unspecified atom stereocenters. The average Bonchev–Trinajstić information content (AvgIpc) is 2.18. The highest BCUT2D eigenvalue weighted by molar-refractivity contribution is 6.30. The van der Waals surface area contributed by atoms with Crippen molar-refractivity contribution in [3.05, 3.63) is 34.9 Å². The van der Waals surface area contributed by atoms with Crippen LogP contribution in [0.4, 0.5) is 0 Å². The number of benzene rings is 1. The van der Waals surface area contributed by atoms with E-state index in [1.807, 2.05) is 12.1 Å². The van der Waals surface area contributed by atoms with Gasteiger partial charge in [0.15, 0.2) is 5.78 Å². The maximum absolute atomic E-state index is 10.9. The molecule has 0 fully saturated rings. The van der Waals surface area contributed by atoms with Gasteiger partial charge in [0.25, 0.3) is 0 Å². The zero-order valence-corrected chi connectivity index (χ0v) is 8.83. The second kappa shape index (κ2) is 6.18. The Labute approximate surface area is 93.2 Å². The van der Waals surface area contributed by atoms with Gasteiger partial charge in [-0.1, -0.05) is 23.7 Å². The van der Waals surface area contributed by atoms with Gasteiger partial charge in [-0.15, -0.1) is 0 Å². The predicted molar refractivity (Wildman–Crippen MR) is 56.3 cm³/mol. The van der Waals surface area contributed by atoms with Crippen LogP contribution in [-0.4, -0.2) is 12.4 Å². The van der Waals surface area contributed by atoms with E-state index in [4.69, 9.17) is 21.6 Å². The summed E-state index contributed by atoms with van der Waals surface area (Å²) in [5.41, 5.74) is 0.909. The molecule has 0 radical (unpaired) electrons. The van der Waals surface area contributed by atoms with Gasteiger partial charge in [-0.2, -0.15) is 5.26 Å². The highest BCUT2D eigenvalue weighted by Gasteiger charge is 2.01. The van der Waals surface area contributed by atoms with E-state index in [2.05, 4.69) is 0 Å². The molecule has 1 aromatic carbocycles. The van der Waals surface area contributed by atoms with Crippen LogP contribution in [0.1, 0.15) is 12.0 Å². The summed E-state index contributed by atoms with van der Waals surface area (Å²) in [6.07, 6.45) is -0.102. The number of carbonyl (C=O) groups excluding carboxylic acids is 1. The number of rotatable bonds is 5. The number of ketones is 1. The van der Waals surface area contributed by atoms with Crippen LogP contribution >= 0.6 is 11.6 Å². The minimum Gasteiger partial charge on any atom is -0.369 e. The molecule has 0 aliphatic rings. The summed E-state index contributed by atoms with van der Waals surface area (Å²) < 4.78 is 5.13. The molecule has 0 amide bonds. The third-order valence-corrected chi connectivity index (χ3v) is 1.93. The number of halogens is 1. The molecule has 0 saturated carbocycles. The molecule has 0 bridgehead atoms. The predicted octanol–water partition coefficient (Wildman–Crippen LogP) is 2.34. The monoisotopic (exact) mass is 223 g/mol. The van der Waals surface area contributed by atoms with E-state index < -0.39 is 0 Å². The number of carbonyl (C=O) groups is 1. The van der Waals surface area contributed by atoms with Crippen molar-refractivity contribution in [2.75, 3.05) is 6.61 Å². The first kappa shape index (κ1) is 11.7. The Balaban J connectivity index is 2.32. The van der Waals surface area contributed by atoms with Crippen LogP contribution in [0.15, 0.2) is 24.3 Å². The Kier molecular flexibility index (Phi) is 4.82. The minimum absolute atomic E-state index is 0.0277. The number of hydrogen-bond donors (Lipinski definition) is 0. The van der Waals surface area contributed by atoms with Crippen LogP contribution in [0.2, 0.25) is 5.02 Å². The lowest BCUT2D eigenvalue weighted by molar-refractivity contribution is -0.123. The quantitative estimate of drug-likeness (QED) is 0.770. The largest absolute Gasteiger partial charge is 0.369 e. The maximum atomic E-state index is 10.9. The summed E-state index contributed by atoms with van der Waals surface area (Å²) in [6.45, 7) is 0.303. The van der Waals surface area contributed by atoms with Crippen molar-refractivity contribution in [1.29, 1.82) is 5.26 Å². The molecule has 0 aliphatic heterocycles. The Hall–Kier alpha value is -1.37. The molecule has 0 saturated heterocycles. The van der Waals surface area contributed by atoms with Gasteiger partial charge in [0.05, 0.1) is 19.1 Å². The Morgan fingerprint density at radius 3 is 3.00 bits per heavy atom. The van der Waals surface area contributed by atoms with Gasteiger partial charge in [0, 0.05) is 5.02 Å². The SMILES string of the molecule is N#CCC(=O)COCc1cccc(Cl)c1.